The first-order valence-electron chi connectivity index (χ1n) is 8.66. The minimum Gasteiger partial charge on any atom is -0.545 e. The number of carboxylic acid groups (broad SMARTS) is 1. The molecule has 0 heterocycles. The van der Waals surface area contributed by atoms with Crippen LogP contribution in [0.2, 0.25) is 0 Å². The van der Waals surface area contributed by atoms with Gasteiger partial charge in [0.05, 0.1) is 30.0 Å². The van der Waals surface area contributed by atoms with E-state index in [4.69, 9.17) is 4.74 Å². The number of benzene rings is 3. The summed E-state index contributed by atoms with van der Waals surface area (Å²) in [6.07, 6.45) is 0. The second-order valence-corrected chi connectivity index (χ2v) is 5.99. The number of carboxylic acids is 1. The Kier molecular flexibility index (Phi) is 5.89. The van der Waals surface area contributed by atoms with E-state index in [1.165, 1.54) is 25.3 Å². The molecule has 0 aromatic heterocycles. The van der Waals surface area contributed by atoms with Crippen LogP contribution in [0.4, 0.5) is 11.4 Å². The molecule has 0 aliphatic rings. The summed E-state index contributed by atoms with van der Waals surface area (Å²) in [5.41, 5.74) is 0.618. The van der Waals surface area contributed by atoms with Crippen molar-refractivity contribution in [3.05, 3.63) is 89.5 Å². The first-order chi connectivity index (χ1) is 14.0. The quantitative estimate of drug-likeness (QED) is 0.674. The van der Waals surface area contributed by atoms with E-state index in [2.05, 4.69) is 10.6 Å². The van der Waals surface area contributed by atoms with Crippen LogP contribution in [0.5, 0.6) is 5.75 Å². The lowest BCUT2D eigenvalue weighted by Gasteiger charge is -2.14. The van der Waals surface area contributed by atoms with Crippen LogP contribution in [-0.4, -0.2) is 24.9 Å². The minimum atomic E-state index is -1.46. The zero-order valence-electron chi connectivity index (χ0n) is 15.5. The fourth-order valence-corrected chi connectivity index (χ4v) is 2.78. The highest BCUT2D eigenvalue weighted by Crippen LogP contribution is 2.25. The zero-order valence-corrected chi connectivity index (χ0v) is 15.5. The van der Waals surface area contributed by atoms with Crippen molar-refractivity contribution in [1.82, 2.24) is 0 Å². The Morgan fingerprint density at radius 2 is 1.17 bits per heavy atom. The van der Waals surface area contributed by atoms with Crippen molar-refractivity contribution in [3.8, 4) is 5.75 Å². The predicted octanol–water partition coefficient (Wildman–Crippen LogP) is 2.56. The molecule has 7 nitrogen and oxygen atoms in total. The second kappa shape index (κ2) is 8.71. The Morgan fingerprint density at radius 3 is 1.83 bits per heavy atom. The van der Waals surface area contributed by atoms with Gasteiger partial charge < -0.3 is 25.3 Å². The number of amides is 2. The van der Waals surface area contributed by atoms with Gasteiger partial charge in [0.2, 0.25) is 0 Å². The fraction of sp³-hybridized carbons (Fsp3) is 0.0455. The van der Waals surface area contributed by atoms with Crippen LogP contribution < -0.4 is 20.5 Å². The summed E-state index contributed by atoms with van der Waals surface area (Å²) in [5, 5.41) is 16.6. The molecule has 0 aliphatic heterocycles. The smallest absolute Gasteiger partial charge is 0.257 e. The van der Waals surface area contributed by atoms with Crippen molar-refractivity contribution in [2.24, 2.45) is 0 Å². The molecule has 0 unspecified atom stereocenters. The van der Waals surface area contributed by atoms with E-state index >= 15 is 0 Å². The van der Waals surface area contributed by atoms with Crippen LogP contribution in [0, 0.1) is 0 Å². The zero-order chi connectivity index (χ0) is 20.8. The Morgan fingerprint density at radius 1 is 0.690 bits per heavy atom. The first kappa shape index (κ1) is 19.6. The number of anilines is 2. The Labute approximate surface area is 166 Å². The summed E-state index contributed by atoms with van der Waals surface area (Å²) in [5.74, 6) is -2.09. The van der Waals surface area contributed by atoms with Gasteiger partial charge in [-0.3, -0.25) is 9.59 Å². The highest BCUT2D eigenvalue weighted by atomic mass is 16.5. The molecule has 0 fully saturated rings. The third-order valence-corrected chi connectivity index (χ3v) is 4.17. The van der Waals surface area contributed by atoms with Crippen LogP contribution >= 0.6 is 0 Å². The molecule has 0 aliphatic carbocycles. The van der Waals surface area contributed by atoms with Crippen molar-refractivity contribution >= 4 is 29.2 Å². The van der Waals surface area contributed by atoms with E-state index in [9.17, 15) is 19.5 Å². The Balaban J connectivity index is 1.87. The molecular formula is C22H17N2O5-. The third kappa shape index (κ3) is 4.41. The third-order valence-electron chi connectivity index (χ3n) is 4.17. The van der Waals surface area contributed by atoms with Gasteiger partial charge in [0.15, 0.2) is 0 Å². The molecular weight excluding hydrogens is 372 g/mol. The van der Waals surface area contributed by atoms with Crippen LogP contribution in [0.3, 0.4) is 0 Å². The average Bonchev–Trinajstić information content (AvgIpc) is 2.74. The maximum absolute atomic E-state index is 12.8. The van der Waals surface area contributed by atoms with Crippen LogP contribution in [-0.2, 0) is 0 Å². The molecule has 0 bridgehead atoms. The Hall–Kier alpha value is -4.13. The number of hydrogen-bond donors (Lipinski definition) is 2. The molecule has 0 atom stereocenters. The fourth-order valence-electron chi connectivity index (χ4n) is 2.78. The molecule has 3 aromatic carbocycles. The molecule has 2 amide bonds. The number of carbonyl (C=O) groups excluding carboxylic acids is 3. The number of para-hydroxylation sites is 3. The van der Waals surface area contributed by atoms with Gasteiger partial charge in [-0.15, -0.1) is 0 Å². The second-order valence-electron chi connectivity index (χ2n) is 5.99. The number of nitrogens with one attached hydrogen (secondary N) is 2. The molecule has 29 heavy (non-hydrogen) atoms. The topological polar surface area (TPSA) is 108 Å². The monoisotopic (exact) mass is 389 g/mol. The molecule has 7 heteroatoms. The predicted molar refractivity (Wildman–Crippen MR) is 106 cm³/mol. The van der Waals surface area contributed by atoms with Gasteiger partial charge in [-0.1, -0.05) is 42.5 Å². The largest absolute Gasteiger partial charge is 0.545 e. The number of aromatic carboxylic acids is 1. The van der Waals surface area contributed by atoms with Gasteiger partial charge in [0.1, 0.15) is 5.75 Å². The summed E-state index contributed by atoms with van der Waals surface area (Å²) in [7, 11) is 1.49. The highest BCUT2D eigenvalue weighted by molar-refractivity contribution is 6.14. The lowest BCUT2D eigenvalue weighted by molar-refractivity contribution is -0.255. The normalized spacial score (nSPS) is 10.1. The van der Waals surface area contributed by atoms with Crippen LogP contribution in [0.25, 0.3) is 0 Å². The van der Waals surface area contributed by atoms with E-state index in [1.54, 1.807) is 54.6 Å². The Bertz CT molecular complexity index is 1080. The molecule has 0 spiro atoms. The van der Waals surface area contributed by atoms with Gasteiger partial charge in [-0.25, -0.2) is 0 Å². The van der Waals surface area contributed by atoms with Crippen molar-refractivity contribution in [3.63, 3.8) is 0 Å². The summed E-state index contributed by atoms with van der Waals surface area (Å²) in [6.45, 7) is 0. The highest BCUT2D eigenvalue weighted by Gasteiger charge is 2.17. The number of methoxy groups -OCH3 is 1. The van der Waals surface area contributed by atoms with Crippen molar-refractivity contribution in [2.45, 2.75) is 0 Å². The standard InChI is InChI=1S/C22H18N2O5/c1-29-19-13-7-6-12-18(19)24-21(26)16-10-4-5-11-17(16)23-20(25)14-8-2-3-9-15(14)22(27)28/h2-13H,1H3,(H,23,25)(H,24,26)(H,27,28)/p-1. The molecule has 3 rings (SSSR count). The number of carbonyl (C=O) groups is 3. The van der Waals surface area contributed by atoms with E-state index < -0.39 is 17.8 Å². The maximum Gasteiger partial charge on any atom is 0.257 e. The van der Waals surface area contributed by atoms with Crippen molar-refractivity contribution < 1.29 is 24.2 Å². The summed E-state index contributed by atoms with van der Waals surface area (Å²) < 4.78 is 5.22. The van der Waals surface area contributed by atoms with E-state index in [-0.39, 0.29) is 22.4 Å². The van der Waals surface area contributed by atoms with Gasteiger partial charge in [0.25, 0.3) is 11.8 Å². The average molecular weight is 389 g/mol. The molecule has 2 N–H and O–H groups in total. The lowest BCUT2D eigenvalue weighted by atomic mass is 10.1. The van der Waals surface area contributed by atoms with Gasteiger partial charge in [0, 0.05) is 11.1 Å². The minimum absolute atomic E-state index is 0.0626. The first-order valence-corrected chi connectivity index (χ1v) is 8.66. The summed E-state index contributed by atoms with van der Waals surface area (Å²) >= 11 is 0. The molecule has 3 aromatic rings. The molecule has 0 radical (unpaired) electrons. The molecule has 0 saturated carbocycles. The van der Waals surface area contributed by atoms with Crippen LogP contribution in [0.1, 0.15) is 31.1 Å². The lowest BCUT2D eigenvalue weighted by Crippen LogP contribution is -2.27. The van der Waals surface area contributed by atoms with E-state index in [0.717, 1.165) is 0 Å². The number of hydrogen-bond acceptors (Lipinski definition) is 5. The number of rotatable bonds is 6. The van der Waals surface area contributed by atoms with Crippen LogP contribution in [0.15, 0.2) is 72.8 Å². The van der Waals surface area contributed by atoms with Gasteiger partial charge in [-0.05, 0) is 30.3 Å². The SMILES string of the molecule is COc1ccccc1NC(=O)c1ccccc1NC(=O)c1ccccc1C(=O)[O-]. The van der Waals surface area contributed by atoms with Gasteiger partial charge >= 0.3 is 0 Å². The van der Waals surface area contributed by atoms with E-state index in [0.29, 0.717) is 11.4 Å². The van der Waals surface area contributed by atoms with Crippen molar-refractivity contribution in [1.29, 1.82) is 0 Å². The maximum atomic E-state index is 12.8. The molecule has 146 valence electrons. The summed E-state index contributed by atoms with van der Waals surface area (Å²) in [6, 6.07) is 19.0. The summed E-state index contributed by atoms with van der Waals surface area (Å²) in [4.78, 5) is 36.6. The van der Waals surface area contributed by atoms with Crippen molar-refractivity contribution in [2.75, 3.05) is 17.7 Å². The van der Waals surface area contributed by atoms with Gasteiger partial charge in [-0.2, -0.15) is 0 Å². The molecule has 0 saturated heterocycles. The number of ether oxygens (including phenoxy) is 1. The van der Waals surface area contributed by atoms with E-state index in [1.807, 2.05) is 0 Å².